The fourth-order valence-corrected chi connectivity index (χ4v) is 5.51. The maximum absolute atomic E-state index is 14.9. The molecule has 1 fully saturated rings. The first kappa shape index (κ1) is 24.6. The summed E-state index contributed by atoms with van der Waals surface area (Å²) in [5.41, 5.74) is 1.28. The second-order valence-corrected chi connectivity index (χ2v) is 14.6. The van der Waals surface area contributed by atoms with Gasteiger partial charge in [-0.05, 0) is 73.8 Å². The van der Waals surface area contributed by atoms with Gasteiger partial charge in [0.05, 0.1) is 17.0 Å². The molecular formula is C22H24BrClFN3O3Si. The second-order valence-electron chi connectivity index (χ2n) is 8.83. The molecule has 32 heavy (non-hydrogen) atoms. The number of nitrogens with zero attached hydrogens (tertiary/aromatic N) is 2. The zero-order chi connectivity index (χ0) is 23.6. The normalized spacial score (nSPS) is 15.7. The quantitative estimate of drug-likeness (QED) is 0.205. The molecule has 1 aliphatic rings. The van der Waals surface area contributed by atoms with E-state index in [1.54, 1.807) is 6.07 Å². The predicted octanol–water partition coefficient (Wildman–Crippen LogP) is 7.31. The summed E-state index contributed by atoms with van der Waals surface area (Å²) in [6.07, 6.45) is 1.17. The van der Waals surface area contributed by atoms with Crippen LogP contribution in [0, 0.1) is 27.3 Å². The first-order valence-corrected chi connectivity index (χ1v) is 14.8. The Balaban J connectivity index is 2.10. The molecule has 0 aromatic heterocycles. The van der Waals surface area contributed by atoms with Gasteiger partial charge in [-0.2, -0.15) is 5.26 Å². The van der Waals surface area contributed by atoms with Gasteiger partial charge in [-0.1, -0.05) is 27.5 Å². The molecule has 0 spiro atoms. The minimum absolute atomic E-state index is 0.0830. The van der Waals surface area contributed by atoms with Crippen LogP contribution in [-0.4, -0.2) is 19.3 Å². The molecule has 2 atom stereocenters. The molecule has 0 aliphatic heterocycles. The van der Waals surface area contributed by atoms with Gasteiger partial charge in [0.1, 0.15) is 17.6 Å². The van der Waals surface area contributed by atoms with E-state index in [4.69, 9.17) is 16.0 Å². The number of rotatable bonds is 9. The van der Waals surface area contributed by atoms with Gasteiger partial charge in [0, 0.05) is 22.0 Å². The van der Waals surface area contributed by atoms with Crippen molar-refractivity contribution in [3.63, 3.8) is 0 Å². The largest absolute Gasteiger partial charge is 0.402 e. The molecule has 10 heteroatoms. The highest BCUT2D eigenvalue weighted by Crippen LogP contribution is 2.48. The fourth-order valence-electron chi connectivity index (χ4n) is 3.71. The average molecular weight is 541 g/mol. The number of nitro groups is 1. The van der Waals surface area contributed by atoms with Gasteiger partial charge in [-0.3, -0.25) is 10.1 Å². The minimum Gasteiger partial charge on any atom is -0.402 e. The molecular weight excluding hydrogens is 517 g/mol. The third kappa shape index (κ3) is 6.07. The topological polar surface area (TPSA) is 88.2 Å². The third-order valence-electron chi connectivity index (χ3n) is 5.09. The molecule has 0 saturated heterocycles. The van der Waals surface area contributed by atoms with Gasteiger partial charge in [0.15, 0.2) is 8.32 Å². The molecule has 0 bridgehead atoms. The van der Waals surface area contributed by atoms with Crippen molar-refractivity contribution in [1.82, 2.24) is 0 Å². The molecule has 6 nitrogen and oxygen atoms in total. The van der Waals surface area contributed by atoms with E-state index in [-0.39, 0.29) is 29.5 Å². The molecule has 2 aromatic carbocycles. The van der Waals surface area contributed by atoms with Crippen LogP contribution in [0.1, 0.15) is 42.3 Å². The van der Waals surface area contributed by atoms with Crippen LogP contribution in [0.5, 0.6) is 0 Å². The number of nitrogens with one attached hydrogen (secondary N) is 1. The van der Waals surface area contributed by atoms with E-state index in [1.807, 2.05) is 19.6 Å². The van der Waals surface area contributed by atoms with E-state index < -0.39 is 25.4 Å². The van der Waals surface area contributed by atoms with Crippen molar-refractivity contribution in [2.45, 2.75) is 57.0 Å². The zero-order valence-corrected chi connectivity index (χ0v) is 21.3. The Kier molecular flexibility index (Phi) is 7.60. The summed E-state index contributed by atoms with van der Waals surface area (Å²) in [5, 5.41) is 24.9. The van der Waals surface area contributed by atoms with Crippen molar-refractivity contribution >= 4 is 47.2 Å². The lowest BCUT2D eigenvalue weighted by molar-refractivity contribution is -0.384. The fraction of sp³-hybridized carbons (Fsp3) is 0.409. The molecule has 0 radical (unpaired) electrons. The first-order chi connectivity index (χ1) is 15.0. The Morgan fingerprint density at radius 3 is 2.62 bits per heavy atom. The van der Waals surface area contributed by atoms with Gasteiger partial charge < -0.3 is 9.74 Å². The van der Waals surface area contributed by atoms with Crippen LogP contribution in [0.15, 0.2) is 34.8 Å². The monoisotopic (exact) mass is 539 g/mol. The molecule has 3 rings (SSSR count). The summed E-state index contributed by atoms with van der Waals surface area (Å²) in [4.78, 5) is 11.1. The van der Waals surface area contributed by atoms with E-state index in [2.05, 4.69) is 27.3 Å². The van der Waals surface area contributed by atoms with Crippen LogP contribution in [0.3, 0.4) is 0 Å². The second kappa shape index (κ2) is 9.87. The number of hydrogen-bond acceptors (Lipinski definition) is 5. The van der Waals surface area contributed by atoms with E-state index in [9.17, 15) is 19.8 Å². The summed E-state index contributed by atoms with van der Waals surface area (Å²) in [5.74, 6) is -0.239. The lowest BCUT2D eigenvalue weighted by Gasteiger charge is -2.29. The van der Waals surface area contributed by atoms with Gasteiger partial charge in [0.25, 0.3) is 5.69 Å². The van der Waals surface area contributed by atoms with Gasteiger partial charge in [0.2, 0.25) is 0 Å². The van der Waals surface area contributed by atoms with Crippen LogP contribution >= 0.6 is 27.5 Å². The van der Waals surface area contributed by atoms with E-state index >= 15 is 0 Å². The maximum atomic E-state index is 14.9. The predicted molar refractivity (Wildman–Crippen MR) is 129 cm³/mol. The molecule has 170 valence electrons. The maximum Gasteiger partial charge on any atom is 0.292 e. The van der Waals surface area contributed by atoms with Crippen molar-refractivity contribution in [3.05, 3.63) is 66.9 Å². The minimum atomic E-state index is -2.05. The smallest absolute Gasteiger partial charge is 0.292 e. The van der Waals surface area contributed by atoms with Crippen LogP contribution in [-0.2, 0) is 4.43 Å². The Bertz CT molecular complexity index is 1070. The third-order valence-corrected chi connectivity index (χ3v) is 7.01. The van der Waals surface area contributed by atoms with Crippen LogP contribution < -0.4 is 5.32 Å². The number of benzene rings is 2. The van der Waals surface area contributed by atoms with Gasteiger partial charge in [-0.15, -0.1) is 0 Å². The van der Waals surface area contributed by atoms with Crippen LogP contribution in [0.25, 0.3) is 0 Å². The molecule has 0 amide bonds. The van der Waals surface area contributed by atoms with Crippen molar-refractivity contribution in [2.24, 2.45) is 0 Å². The summed E-state index contributed by atoms with van der Waals surface area (Å²) in [7, 11) is -2.05. The number of anilines is 1. The Morgan fingerprint density at radius 2 is 2.06 bits per heavy atom. The van der Waals surface area contributed by atoms with Gasteiger partial charge in [-0.25, -0.2) is 4.39 Å². The summed E-state index contributed by atoms with van der Waals surface area (Å²) < 4.78 is 21.6. The standard InChI is InChI=1S/C22H24BrClFN3O3Si/c1-32(2,3)31-15(12-26)11-19(27-18-10-14(24)6-9-20(18)28(29)30)22-16(23)7-8-17(25)21(22)13-4-5-13/h6-10,13,15,19,27H,4-5,11H2,1-3H3/t15?,19-/m1/s1. The van der Waals surface area contributed by atoms with Crippen molar-refractivity contribution in [2.75, 3.05) is 5.32 Å². The summed E-state index contributed by atoms with van der Waals surface area (Å²) in [6, 6.07) is 8.86. The SMILES string of the molecule is C[Si](C)(C)OC(C#N)C[C@@H](Nc1cc(Cl)ccc1[N+](=O)[O-])c1c(Br)ccc(F)c1C1CC1. The lowest BCUT2D eigenvalue weighted by Crippen LogP contribution is -2.33. The first-order valence-electron chi connectivity index (χ1n) is 10.3. The van der Waals surface area contributed by atoms with Gasteiger partial charge >= 0.3 is 0 Å². The van der Waals surface area contributed by atoms with Crippen LogP contribution in [0.4, 0.5) is 15.8 Å². The van der Waals surface area contributed by atoms with E-state index in [0.717, 1.165) is 12.8 Å². The lowest BCUT2D eigenvalue weighted by atomic mass is 9.92. The highest BCUT2D eigenvalue weighted by Gasteiger charge is 2.35. The van der Waals surface area contributed by atoms with Crippen LogP contribution in [0.2, 0.25) is 24.7 Å². The average Bonchev–Trinajstić information content (AvgIpc) is 3.52. The summed E-state index contributed by atoms with van der Waals surface area (Å²) >= 11 is 9.66. The molecule has 1 N–H and O–H groups in total. The highest BCUT2D eigenvalue weighted by molar-refractivity contribution is 9.10. The van der Waals surface area contributed by atoms with Crippen molar-refractivity contribution < 1.29 is 13.7 Å². The Hall–Kier alpha value is -1.99. The highest BCUT2D eigenvalue weighted by atomic mass is 79.9. The number of hydrogen-bond donors (Lipinski definition) is 1. The molecule has 2 aromatic rings. The number of nitro benzene ring substituents is 1. The number of halogens is 3. The molecule has 1 unspecified atom stereocenters. The number of nitriles is 1. The Labute approximate surface area is 201 Å². The van der Waals surface area contributed by atoms with Crippen molar-refractivity contribution in [1.29, 1.82) is 5.26 Å². The van der Waals surface area contributed by atoms with E-state index in [0.29, 0.717) is 20.6 Å². The summed E-state index contributed by atoms with van der Waals surface area (Å²) in [6.45, 7) is 5.94. The molecule has 1 saturated carbocycles. The Morgan fingerprint density at radius 1 is 1.38 bits per heavy atom. The molecule has 1 aliphatic carbocycles. The molecule has 0 heterocycles. The van der Waals surface area contributed by atoms with Crippen molar-refractivity contribution in [3.8, 4) is 6.07 Å². The van der Waals surface area contributed by atoms with E-state index in [1.165, 1.54) is 24.3 Å². The zero-order valence-electron chi connectivity index (χ0n) is 18.0.